The van der Waals surface area contributed by atoms with E-state index in [2.05, 4.69) is 34.6 Å². The fourth-order valence-corrected chi connectivity index (χ4v) is 2.60. The van der Waals surface area contributed by atoms with Crippen LogP contribution in [0.2, 0.25) is 0 Å². The van der Waals surface area contributed by atoms with E-state index in [0.717, 1.165) is 50.6 Å². The van der Waals surface area contributed by atoms with Crippen molar-refractivity contribution in [3.05, 3.63) is 29.3 Å². The van der Waals surface area contributed by atoms with Crippen molar-refractivity contribution in [3.63, 3.8) is 0 Å². The third-order valence-corrected chi connectivity index (χ3v) is 3.94. The Hall–Kier alpha value is -1.54. The van der Waals surface area contributed by atoms with Crippen molar-refractivity contribution in [1.29, 1.82) is 0 Å². The Labute approximate surface area is 127 Å². The summed E-state index contributed by atoms with van der Waals surface area (Å²) in [5, 5.41) is 0. The van der Waals surface area contributed by atoms with Gasteiger partial charge in [0.15, 0.2) is 0 Å². The van der Waals surface area contributed by atoms with Gasteiger partial charge < -0.3 is 15.4 Å². The highest BCUT2D eigenvalue weighted by Crippen LogP contribution is 2.19. The van der Waals surface area contributed by atoms with Gasteiger partial charge in [0.1, 0.15) is 5.75 Å². The lowest BCUT2D eigenvalue weighted by atomic mass is 10.1. The molecule has 0 atom stereocenters. The van der Waals surface area contributed by atoms with Gasteiger partial charge >= 0.3 is 0 Å². The van der Waals surface area contributed by atoms with Crippen molar-refractivity contribution < 1.29 is 4.74 Å². The van der Waals surface area contributed by atoms with Gasteiger partial charge in [-0.05, 0) is 30.3 Å². The van der Waals surface area contributed by atoms with E-state index in [0.29, 0.717) is 6.54 Å². The first kappa shape index (κ1) is 15.8. The fraction of sp³-hybridized carbons (Fsp3) is 0.529. The van der Waals surface area contributed by atoms with E-state index in [4.69, 9.17) is 10.5 Å². The minimum absolute atomic E-state index is 0.390. The minimum Gasteiger partial charge on any atom is -0.497 e. The van der Waals surface area contributed by atoms with Crippen LogP contribution in [0.25, 0.3) is 0 Å². The Bertz CT molecular complexity index is 511. The third-order valence-electron chi connectivity index (χ3n) is 3.94. The van der Waals surface area contributed by atoms with Gasteiger partial charge in [-0.3, -0.25) is 4.90 Å². The van der Waals surface area contributed by atoms with E-state index in [1.165, 1.54) is 5.56 Å². The molecule has 4 nitrogen and oxygen atoms in total. The molecule has 1 heterocycles. The summed E-state index contributed by atoms with van der Waals surface area (Å²) in [6.07, 6.45) is 0. The number of nitrogens with zero attached hydrogens (tertiary/aromatic N) is 2. The molecule has 0 radical (unpaired) electrons. The van der Waals surface area contributed by atoms with Crippen molar-refractivity contribution in [2.45, 2.75) is 13.5 Å². The van der Waals surface area contributed by atoms with Gasteiger partial charge in [-0.25, -0.2) is 0 Å². The molecule has 1 aliphatic rings. The summed E-state index contributed by atoms with van der Waals surface area (Å²) < 4.78 is 5.34. The van der Waals surface area contributed by atoms with Gasteiger partial charge in [-0.1, -0.05) is 18.8 Å². The molecule has 4 heteroatoms. The van der Waals surface area contributed by atoms with Crippen LogP contribution in [-0.2, 0) is 6.54 Å². The standard InChI is InChI=1S/C17H25N3O/c1-3-19-9-11-20(12-10-19)14-16-13-17(21-2)7-6-15(16)5-4-8-18/h6-7,13H,3,8-12,14,18H2,1-2H3. The van der Waals surface area contributed by atoms with Crippen LogP contribution < -0.4 is 10.5 Å². The van der Waals surface area contributed by atoms with Crippen LogP contribution >= 0.6 is 0 Å². The van der Waals surface area contributed by atoms with E-state index in [1.807, 2.05) is 12.1 Å². The summed E-state index contributed by atoms with van der Waals surface area (Å²) in [6.45, 7) is 9.17. The average Bonchev–Trinajstić information content (AvgIpc) is 2.54. The summed E-state index contributed by atoms with van der Waals surface area (Å²) in [5.74, 6) is 7.00. The zero-order valence-corrected chi connectivity index (χ0v) is 13.1. The normalized spacial score (nSPS) is 16.3. The van der Waals surface area contributed by atoms with Crippen LogP contribution in [0.5, 0.6) is 5.75 Å². The summed E-state index contributed by atoms with van der Waals surface area (Å²) in [6, 6.07) is 6.07. The second kappa shape index (κ2) is 8.04. The summed E-state index contributed by atoms with van der Waals surface area (Å²) >= 11 is 0. The number of ether oxygens (including phenoxy) is 1. The number of hydrogen-bond donors (Lipinski definition) is 1. The molecule has 0 aliphatic carbocycles. The first-order valence-electron chi connectivity index (χ1n) is 7.57. The first-order valence-corrected chi connectivity index (χ1v) is 7.57. The van der Waals surface area contributed by atoms with Crippen molar-refractivity contribution >= 4 is 0 Å². The molecule has 114 valence electrons. The largest absolute Gasteiger partial charge is 0.497 e. The van der Waals surface area contributed by atoms with E-state index in [-0.39, 0.29) is 0 Å². The molecule has 0 bridgehead atoms. The molecule has 1 aliphatic heterocycles. The average molecular weight is 287 g/mol. The number of piperazine rings is 1. The van der Waals surface area contributed by atoms with E-state index >= 15 is 0 Å². The molecule has 0 spiro atoms. The van der Waals surface area contributed by atoms with Crippen molar-refractivity contribution in [3.8, 4) is 17.6 Å². The van der Waals surface area contributed by atoms with Crippen molar-refractivity contribution in [2.24, 2.45) is 5.73 Å². The lowest BCUT2D eigenvalue weighted by Gasteiger charge is -2.34. The van der Waals surface area contributed by atoms with E-state index < -0.39 is 0 Å². The number of hydrogen-bond acceptors (Lipinski definition) is 4. The second-order valence-electron chi connectivity index (χ2n) is 5.24. The maximum absolute atomic E-state index is 5.48. The SMILES string of the molecule is CCN1CCN(Cc2cc(OC)ccc2C#CCN)CC1. The van der Waals surface area contributed by atoms with Crippen LogP contribution in [0.4, 0.5) is 0 Å². The lowest BCUT2D eigenvalue weighted by Crippen LogP contribution is -2.45. The third kappa shape index (κ3) is 4.47. The van der Waals surface area contributed by atoms with Crippen LogP contribution in [0.1, 0.15) is 18.1 Å². The molecule has 1 fully saturated rings. The molecule has 0 amide bonds. The zero-order valence-electron chi connectivity index (χ0n) is 13.1. The summed E-state index contributed by atoms with van der Waals surface area (Å²) in [4.78, 5) is 4.96. The van der Waals surface area contributed by atoms with Gasteiger partial charge in [0, 0.05) is 38.3 Å². The molecule has 1 aromatic rings. The molecule has 0 saturated carbocycles. The number of nitrogens with two attached hydrogens (primary N) is 1. The molecule has 1 aromatic carbocycles. The molecule has 2 N–H and O–H groups in total. The number of rotatable bonds is 4. The monoisotopic (exact) mass is 287 g/mol. The topological polar surface area (TPSA) is 41.7 Å². The van der Waals surface area contributed by atoms with Gasteiger partial charge in [0.25, 0.3) is 0 Å². The predicted octanol–water partition coefficient (Wildman–Crippen LogP) is 1.14. The molecular formula is C17H25N3O. The molecule has 1 saturated heterocycles. The first-order chi connectivity index (χ1) is 10.3. The highest BCUT2D eigenvalue weighted by Gasteiger charge is 2.16. The highest BCUT2D eigenvalue weighted by atomic mass is 16.5. The molecule has 2 rings (SSSR count). The van der Waals surface area contributed by atoms with Crippen LogP contribution in [0.3, 0.4) is 0 Å². The number of benzene rings is 1. The molecule has 0 aromatic heterocycles. The van der Waals surface area contributed by atoms with Gasteiger partial charge in [-0.2, -0.15) is 0 Å². The van der Waals surface area contributed by atoms with E-state index in [9.17, 15) is 0 Å². The Kier molecular flexibility index (Phi) is 6.06. The van der Waals surface area contributed by atoms with Crippen LogP contribution in [0, 0.1) is 11.8 Å². The van der Waals surface area contributed by atoms with E-state index in [1.54, 1.807) is 7.11 Å². The van der Waals surface area contributed by atoms with Gasteiger partial charge in [-0.15, -0.1) is 0 Å². The smallest absolute Gasteiger partial charge is 0.119 e. The maximum atomic E-state index is 5.48. The number of likely N-dealkylation sites (N-methyl/N-ethyl adjacent to an activating group) is 1. The zero-order chi connectivity index (χ0) is 15.1. The highest BCUT2D eigenvalue weighted by molar-refractivity contribution is 5.45. The molecular weight excluding hydrogens is 262 g/mol. The summed E-state index contributed by atoms with van der Waals surface area (Å²) in [5.41, 5.74) is 7.76. The Morgan fingerprint density at radius 1 is 1.19 bits per heavy atom. The predicted molar refractivity (Wildman–Crippen MR) is 86.3 cm³/mol. The molecule has 0 unspecified atom stereocenters. The van der Waals surface area contributed by atoms with Crippen molar-refractivity contribution in [1.82, 2.24) is 9.80 Å². The fourth-order valence-electron chi connectivity index (χ4n) is 2.60. The van der Waals surface area contributed by atoms with Crippen molar-refractivity contribution in [2.75, 3.05) is 46.4 Å². The summed E-state index contributed by atoms with van der Waals surface area (Å²) in [7, 11) is 1.70. The maximum Gasteiger partial charge on any atom is 0.119 e. The minimum atomic E-state index is 0.390. The quantitative estimate of drug-likeness (QED) is 0.843. The Morgan fingerprint density at radius 2 is 1.90 bits per heavy atom. The van der Waals surface area contributed by atoms with Crippen LogP contribution in [0.15, 0.2) is 18.2 Å². The Balaban J connectivity index is 2.10. The second-order valence-corrected chi connectivity index (χ2v) is 5.24. The number of methoxy groups -OCH3 is 1. The molecule has 21 heavy (non-hydrogen) atoms. The van der Waals surface area contributed by atoms with Crippen LogP contribution in [-0.4, -0.2) is 56.2 Å². The van der Waals surface area contributed by atoms with Gasteiger partial charge in [0.2, 0.25) is 0 Å². The lowest BCUT2D eigenvalue weighted by molar-refractivity contribution is 0.132. The van der Waals surface area contributed by atoms with Gasteiger partial charge in [0.05, 0.1) is 13.7 Å². The Morgan fingerprint density at radius 3 is 2.52 bits per heavy atom.